The van der Waals surface area contributed by atoms with Crippen LogP contribution in [-0.4, -0.2) is 21.5 Å². The molecule has 0 fully saturated rings. The number of anilines is 2. The summed E-state index contributed by atoms with van der Waals surface area (Å²) in [6.07, 6.45) is 5.43. The standard InChI is InChI=1S/C21H23N5O2/c1-15-6-7-19(11-20(15)24-16(2)27)25-21(28)23-12-17-4-3-5-18(10-17)13-26-9-8-22-14-26/h3-11,14H,12-13H2,1-2H3,(H,24,27)(H2,23,25,28). The number of imidazole rings is 1. The topological polar surface area (TPSA) is 88.0 Å². The molecule has 1 heterocycles. The summed E-state index contributed by atoms with van der Waals surface area (Å²) in [4.78, 5) is 27.5. The van der Waals surface area contributed by atoms with E-state index in [9.17, 15) is 9.59 Å². The van der Waals surface area contributed by atoms with Crippen LogP contribution in [-0.2, 0) is 17.9 Å². The fourth-order valence-electron chi connectivity index (χ4n) is 2.81. The number of carbonyl (C=O) groups is 2. The predicted molar refractivity (Wildman–Crippen MR) is 109 cm³/mol. The molecule has 7 nitrogen and oxygen atoms in total. The number of amides is 3. The fourth-order valence-corrected chi connectivity index (χ4v) is 2.81. The van der Waals surface area contributed by atoms with Gasteiger partial charge in [-0.1, -0.05) is 30.3 Å². The zero-order chi connectivity index (χ0) is 19.9. The number of nitrogens with one attached hydrogen (secondary N) is 3. The number of urea groups is 1. The molecule has 1 aromatic heterocycles. The highest BCUT2D eigenvalue weighted by Crippen LogP contribution is 2.20. The molecule has 3 N–H and O–H groups in total. The highest BCUT2D eigenvalue weighted by Gasteiger charge is 2.06. The minimum Gasteiger partial charge on any atom is -0.334 e. The summed E-state index contributed by atoms with van der Waals surface area (Å²) in [6, 6.07) is 13.1. The minimum absolute atomic E-state index is 0.153. The Morgan fingerprint density at radius 2 is 1.89 bits per heavy atom. The van der Waals surface area contributed by atoms with Crippen molar-refractivity contribution in [2.45, 2.75) is 26.9 Å². The largest absolute Gasteiger partial charge is 0.334 e. The first-order chi connectivity index (χ1) is 13.5. The normalized spacial score (nSPS) is 10.4. The molecule has 144 valence electrons. The van der Waals surface area contributed by atoms with Crippen LogP contribution in [0.15, 0.2) is 61.2 Å². The van der Waals surface area contributed by atoms with Gasteiger partial charge in [-0.3, -0.25) is 4.79 Å². The SMILES string of the molecule is CC(=O)Nc1cc(NC(=O)NCc2cccc(Cn3ccnc3)c2)ccc1C. The lowest BCUT2D eigenvalue weighted by Gasteiger charge is -2.12. The van der Waals surface area contributed by atoms with E-state index in [0.717, 1.165) is 23.2 Å². The van der Waals surface area contributed by atoms with Crippen molar-refractivity contribution >= 4 is 23.3 Å². The number of benzene rings is 2. The molecular formula is C21H23N5O2. The highest BCUT2D eigenvalue weighted by molar-refractivity contribution is 5.93. The van der Waals surface area contributed by atoms with Crippen molar-refractivity contribution in [2.24, 2.45) is 0 Å². The van der Waals surface area contributed by atoms with Gasteiger partial charge in [0.2, 0.25) is 5.91 Å². The second kappa shape index (κ2) is 8.85. The zero-order valence-electron chi connectivity index (χ0n) is 15.9. The fraction of sp³-hybridized carbons (Fsp3) is 0.190. The van der Waals surface area contributed by atoms with Crippen LogP contribution in [0.5, 0.6) is 0 Å². The molecule has 0 bridgehead atoms. The summed E-state index contributed by atoms with van der Waals surface area (Å²) >= 11 is 0. The van der Waals surface area contributed by atoms with Crippen LogP contribution in [0, 0.1) is 6.92 Å². The van der Waals surface area contributed by atoms with Gasteiger partial charge >= 0.3 is 6.03 Å². The molecule has 0 spiro atoms. The van der Waals surface area contributed by atoms with E-state index in [1.807, 2.05) is 42.0 Å². The Morgan fingerprint density at radius 1 is 1.07 bits per heavy atom. The minimum atomic E-state index is -0.308. The maximum absolute atomic E-state index is 12.2. The molecule has 0 aliphatic carbocycles. The van der Waals surface area contributed by atoms with Gasteiger partial charge in [-0.05, 0) is 35.7 Å². The van der Waals surface area contributed by atoms with E-state index in [1.165, 1.54) is 6.92 Å². The molecule has 2 aromatic carbocycles. The van der Waals surface area contributed by atoms with Gasteiger partial charge in [-0.25, -0.2) is 9.78 Å². The molecule has 0 saturated carbocycles. The first-order valence-corrected chi connectivity index (χ1v) is 8.96. The number of aromatic nitrogens is 2. The van der Waals surface area contributed by atoms with Gasteiger partial charge < -0.3 is 20.5 Å². The van der Waals surface area contributed by atoms with Crippen LogP contribution < -0.4 is 16.0 Å². The smallest absolute Gasteiger partial charge is 0.319 e. The molecule has 28 heavy (non-hydrogen) atoms. The van der Waals surface area contributed by atoms with Crippen molar-refractivity contribution in [3.63, 3.8) is 0 Å². The Bertz CT molecular complexity index is 967. The second-order valence-electron chi connectivity index (χ2n) is 6.57. The predicted octanol–water partition coefficient (Wildman–Crippen LogP) is 3.52. The van der Waals surface area contributed by atoms with E-state index in [4.69, 9.17) is 0 Å². The van der Waals surface area contributed by atoms with E-state index in [2.05, 4.69) is 27.0 Å². The Hall–Kier alpha value is -3.61. The Balaban J connectivity index is 1.56. The third-order valence-corrected chi connectivity index (χ3v) is 4.17. The maximum Gasteiger partial charge on any atom is 0.319 e. The molecule has 0 unspecified atom stereocenters. The van der Waals surface area contributed by atoms with Crippen LogP contribution in [0.4, 0.5) is 16.2 Å². The molecule has 0 saturated heterocycles. The van der Waals surface area contributed by atoms with Crippen molar-refractivity contribution in [3.8, 4) is 0 Å². The molecule has 0 aliphatic heterocycles. The maximum atomic E-state index is 12.2. The number of rotatable bonds is 6. The average molecular weight is 377 g/mol. The van der Waals surface area contributed by atoms with Crippen LogP contribution in [0.3, 0.4) is 0 Å². The monoisotopic (exact) mass is 377 g/mol. The second-order valence-corrected chi connectivity index (χ2v) is 6.57. The Labute approximate surface area is 163 Å². The van der Waals surface area contributed by atoms with Gasteiger partial charge in [0.15, 0.2) is 0 Å². The summed E-state index contributed by atoms with van der Waals surface area (Å²) in [5.41, 5.74) is 4.36. The van der Waals surface area contributed by atoms with E-state index >= 15 is 0 Å². The summed E-state index contributed by atoms with van der Waals surface area (Å²) in [5, 5.41) is 8.39. The number of aryl methyl sites for hydroxylation is 1. The van der Waals surface area contributed by atoms with Gasteiger partial charge in [0.25, 0.3) is 0 Å². The number of carbonyl (C=O) groups excluding carboxylic acids is 2. The van der Waals surface area contributed by atoms with Gasteiger partial charge in [0, 0.05) is 43.8 Å². The van der Waals surface area contributed by atoms with Crippen LogP contribution in [0.25, 0.3) is 0 Å². The lowest BCUT2D eigenvalue weighted by molar-refractivity contribution is -0.114. The highest BCUT2D eigenvalue weighted by atomic mass is 16.2. The lowest BCUT2D eigenvalue weighted by atomic mass is 10.1. The third-order valence-electron chi connectivity index (χ3n) is 4.17. The zero-order valence-corrected chi connectivity index (χ0v) is 15.9. The first kappa shape index (κ1) is 19.2. The summed E-state index contributed by atoms with van der Waals surface area (Å²) < 4.78 is 1.99. The quantitative estimate of drug-likeness (QED) is 0.614. The number of hydrogen-bond donors (Lipinski definition) is 3. The molecule has 7 heteroatoms. The molecule has 0 radical (unpaired) electrons. The van der Waals surface area contributed by atoms with E-state index in [-0.39, 0.29) is 11.9 Å². The van der Waals surface area contributed by atoms with Crippen LogP contribution >= 0.6 is 0 Å². The van der Waals surface area contributed by atoms with E-state index in [1.54, 1.807) is 24.7 Å². The lowest BCUT2D eigenvalue weighted by Crippen LogP contribution is -2.28. The molecule has 3 rings (SSSR count). The van der Waals surface area contributed by atoms with E-state index < -0.39 is 0 Å². The van der Waals surface area contributed by atoms with Gasteiger partial charge in [0.05, 0.1) is 6.33 Å². The summed E-state index contributed by atoms with van der Waals surface area (Å²) in [6.45, 7) is 4.49. The average Bonchev–Trinajstić information content (AvgIpc) is 3.16. The molecule has 3 amide bonds. The summed E-state index contributed by atoms with van der Waals surface area (Å²) in [7, 11) is 0. The van der Waals surface area contributed by atoms with Crippen molar-refractivity contribution in [2.75, 3.05) is 10.6 Å². The summed E-state index contributed by atoms with van der Waals surface area (Å²) in [5.74, 6) is -0.153. The number of hydrogen-bond acceptors (Lipinski definition) is 3. The molecular weight excluding hydrogens is 354 g/mol. The van der Waals surface area contributed by atoms with Crippen molar-refractivity contribution in [1.29, 1.82) is 0 Å². The third kappa shape index (κ3) is 5.44. The Kier molecular flexibility index (Phi) is 6.06. The molecule has 0 atom stereocenters. The van der Waals surface area contributed by atoms with Gasteiger partial charge in [0.1, 0.15) is 0 Å². The molecule has 3 aromatic rings. The number of nitrogens with zero attached hydrogens (tertiary/aromatic N) is 2. The van der Waals surface area contributed by atoms with Crippen molar-refractivity contribution in [1.82, 2.24) is 14.9 Å². The first-order valence-electron chi connectivity index (χ1n) is 8.96. The van der Waals surface area contributed by atoms with Crippen molar-refractivity contribution in [3.05, 3.63) is 77.9 Å². The van der Waals surface area contributed by atoms with Crippen LogP contribution in [0.2, 0.25) is 0 Å². The van der Waals surface area contributed by atoms with Gasteiger partial charge in [-0.2, -0.15) is 0 Å². The van der Waals surface area contributed by atoms with Crippen LogP contribution in [0.1, 0.15) is 23.6 Å². The van der Waals surface area contributed by atoms with Crippen molar-refractivity contribution < 1.29 is 9.59 Å². The van der Waals surface area contributed by atoms with Gasteiger partial charge in [-0.15, -0.1) is 0 Å². The van der Waals surface area contributed by atoms with E-state index in [0.29, 0.717) is 17.9 Å². The molecule has 0 aliphatic rings. The Morgan fingerprint density at radius 3 is 2.64 bits per heavy atom.